The highest BCUT2D eigenvalue weighted by Crippen LogP contribution is 2.26. The lowest BCUT2D eigenvalue weighted by atomic mass is 10.3. The van der Waals surface area contributed by atoms with Crippen molar-refractivity contribution in [3.63, 3.8) is 0 Å². The molecule has 0 atom stereocenters. The molecule has 1 saturated heterocycles. The van der Waals surface area contributed by atoms with Gasteiger partial charge in [0.2, 0.25) is 11.7 Å². The average Bonchev–Trinajstić information content (AvgIpc) is 3.18. The minimum Gasteiger partial charge on any atom is -0.430 e. The van der Waals surface area contributed by atoms with Crippen molar-refractivity contribution in [3.05, 3.63) is 29.8 Å². The Balaban J connectivity index is 1.62. The first-order chi connectivity index (χ1) is 9.81. The van der Waals surface area contributed by atoms with E-state index in [4.69, 9.17) is 4.42 Å². The van der Waals surface area contributed by atoms with Crippen LogP contribution in [-0.4, -0.2) is 29.0 Å². The van der Waals surface area contributed by atoms with Crippen molar-refractivity contribution < 1.29 is 9.21 Å². The molecule has 102 valence electrons. The third kappa shape index (κ3) is 1.76. The molecule has 6 heteroatoms. The number of anilines is 1. The summed E-state index contributed by atoms with van der Waals surface area (Å²) in [6, 6.07) is 3.93. The normalized spacial score (nSPS) is 17.4. The maximum absolute atomic E-state index is 11.5. The van der Waals surface area contributed by atoms with Gasteiger partial charge >= 0.3 is 0 Å². The van der Waals surface area contributed by atoms with Crippen LogP contribution in [0.5, 0.6) is 0 Å². The molecule has 2 aliphatic heterocycles. The zero-order valence-electron chi connectivity index (χ0n) is 10.9. The summed E-state index contributed by atoms with van der Waals surface area (Å²) in [4.78, 5) is 22.5. The number of fused-ring (bicyclic) bond motifs is 1. The summed E-state index contributed by atoms with van der Waals surface area (Å²) >= 11 is 0. The van der Waals surface area contributed by atoms with E-state index in [2.05, 4.69) is 20.2 Å². The minimum atomic E-state index is -0.194. The highest BCUT2D eigenvalue weighted by molar-refractivity contribution is 5.95. The van der Waals surface area contributed by atoms with E-state index in [0.717, 1.165) is 24.5 Å². The van der Waals surface area contributed by atoms with Gasteiger partial charge in [-0.2, -0.15) is 0 Å². The first kappa shape index (κ1) is 11.5. The van der Waals surface area contributed by atoms with Crippen molar-refractivity contribution in [1.82, 2.24) is 15.3 Å². The smallest absolute Gasteiger partial charge is 0.289 e. The van der Waals surface area contributed by atoms with Crippen molar-refractivity contribution >= 4 is 11.7 Å². The van der Waals surface area contributed by atoms with Crippen LogP contribution in [0.15, 0.2) is 22.7 Å². The van der Waals surface area contributed by atoms with Crippen LogP contribution in [0.2, 0.25) is 0 Å². The Bertz CT molecular complexity index is 656. The third-order valence-corrected chi connectivity index (χ3v) is 3.74. The summed E-state index contributed by atoms with van der Waals surface area (Å²) in [7, 11) is 0. The number of nitrogens with zero attached hydrogens (tertiary/aromatic N) is 3. The molecule has 0 spiro atoms. The van der Waals surface area contributed by atoms with E-state index in [0.29, 0.717) is 23.9 Å². The van der Waals surface area contributed by atoms with Crippen molar-refractivity contribution in [2.24, 2.45) is 0 Å². The Labute approximate surface area is 115 Å². The van der Waals surface area contributed by atoms with Gasteiger partial charge in [0, 0.05) is 19.3 Å². The van der Waals surface area contributed by atoms with Crippen molar-refractivity contribution in [3.8, 4) is 11.5 Å². The Morgan fingerprint density at radius 1 is 1.25 bits per heavy atom. The monoisotopic (exact) mass is 270 g/mol. The predicted molar refractivity (Wildman–Crippen MR) is 72.4 cm³/mol. The van der Waals surface area contributed by atoms with E-state index in [9.17, 15) is 4.79 Å². The molecular weight excluding hydrogens is 256 g/mol. The fourth-order valence-electron chi connectivity index (χ4n) is 2.66. The molecule has 0 aromatic carbocycles. The molecule has 6 nitrogen and oxygen atoms in total. The van der Waals surface area contributed by atoms with Gasteiger partial charge < -0.3 is 14.6 Å². The topological polar surface area (TPSA) is 71.3 Å². The predicted octanol–water partition coefficient (Wildman–Crippen LogP) is 1.58. The molecule has 2 aromatic heterocycles. The number of hydrogen-bond donors (Lipinski definition) is 1. The molecule has 4 rings (SSSR count). The first-order valence-corrected chi connectivity index (χ1v) is 6.80. The van der Waals surface area contributed by atoms with Crippen LogP contribution in [-0.2, 0) is 6.54 Å². The summed E-state index contributed by atoms with van der Waals surface area (Å²) < 4.78 is 5.51. The summed E-state index contributed by atoms with van der Waals surface area (Å²) in [5.74, 6) is 1.58. The molecular formula is C14H14N4O2. The van der Waals surface area contributed by atoms with E-state index in [1.165, 1.54) is 12.8 Å². The standard InChI is InChI=1S/C14H14N4O2/c19-13-12-10(8-16-13)17-14(20-12)9-3-4-11(15-7-9)18-5-1-2-6-18/h3-4,7H,1-2,5-6,8H2,(H,16,19). The quantitative estimate of drug-likeness (QED) is 0.897. The largest absolute Gasteiger partial charge is 0.430 e. The highest BCUT2D eigenvalue weighted by Gasteiger charge is 2.26. The van der Waals surface area contributed by atoms with Crippen molar-refractivity contribution in [2.45, 2.75) is 19.4 Å². The van der Waals surface area contributed by atoms with Crippen LogP contribution >= 0.6 is 0 Å². The lowest BCUT2D eigenvalue weighted by molar-refractivity contribution is 0.0941. The molecule has 2 aromatic rings. The Morgan fingerprint density at radius 2 is 2.10 bits per heavy atom. The van der Waals surface area contributed by atoms with E-state index >= 15 is 0 Å². The molecule has 0 unspecified atom stereocenters. The summed E-state index contributed by atoms with van der Waals surface area (Å²) in [6.45, 7) is 2.58. The van der Waals surface area contributed by atoms with E-state index in [1.54, 1.807) is 6.20 Å². The fraction of sp³-hybridized carbons (Fsp3) is 0.357. The molecule has 20 heavy (non-hydrogen) atoms. The molecule has 1 N–H and O–H groups in total. The second kappa shape index (κ2) is 4.33. The number of nitrogens with one attached hydrogen (secondary N) is 1. The van der Waals surface area contributed by atoms with Gasteiger partial charge in [-0.15, -0.1) is 0 Å². The number of rotatable bonds is 2. The van der Waals surface area contributed by atoms with E-state index < -0.39 is 0 Å². The Hall–Kier alpha value is -2.37. The molecule has 0 radical (unpaired) electrons. The molecule has 4 heterocycles. The number of amides is 1. The second-order valence-electron chi connectivity index (χ2n) is 5.08. The number of carbonyl (C=O) groups is 1. The first-order valence-electron chi connectivity index (χ1n) is 6.80. The molecule has 0 bridgehead atoms. The van der Waals surface area contributed by atoms with Crippen molar-refractivity contribution in [1.29, 1.82) is 0 Å². The van der Waals surface area contributed by atoms with Gasteiger partial charge in [0.15, 0.2) is 0 Å². The zero-order valence-corrected chi connectivity index (χ0v) is 10.9. The maximum atomic E-state index is 11.5. The lowest BCUT2D eigenvalue weighted by Crippen LogP contribution is -2.18. The van der Waals surface area contributed by atoms with Crippen molar-refractivity contribution in [2.75, 3.05) is 18.0 Å². The Kier molecular flexibility index (Phi) is 2.48. The van der Waals surface area contributed by atoms with E-state index in [-0.39, 0.29) is 5.91 Å². The second-order valence-corrected chi connectivity index (χ2v) is 5.08. The lowest BCUT2D eigenvalue weighted by Gasteiger charge is -2.15. The van der Waals surface area contributed by atoms with Crippen LogP contribution < -0.4 is 10.2 Å². The van der Waals surface area contributed by atoms with Gasteiger partial charge in [-0.05, 0) is 25.0 Å². The third-order valence-electron chi connectivity index (χ3n) is 3.74. The molecule has 1 fully saturated rings. The molecule has 2 aliphatic rings. The van der Waals surface area contributed by atoms with Crippen LogP contribution in [0.1, 0.15) is 29.1 Å². The fourth-order valence-corrected chi connectivity index (χ4v) is 2.66. The van der Waals surface area contributed by atoms with Crippen LogP contribution in [0, 0.1) is 0 Å². The number of hydrogen-bond acceptors (Lipinski definition) is 5. The number of pyridine rings is 1. The van der Waals surface area contributed by atoms with Gasteiger partial charge in [-0.1, -0.05) is 0 Å². The summed E-state index contributed by atoms with van der Waals surface area (Å²) in [6.07, 6.45) is 4.21. The SMILES string of the molecule is O=C1NCc2nc(-c3ccc(N4CCCC4)nc3)oc21. The van der Waals surface area contributed by atoms with Crippen LogP contribution in [0.4, 0.5) is 5.82 Å². The Morgan fingerprint density at radius 3 is 2.80 bits per heavy atom. The highest BCUT2D eigenvalue weighted by atomic mass is 16.4. The molecule has 1 amide bonds. The van der Waals surface area contributed by atoms with Gasteiger partial charge in [-0.3, -0.25) is 4.79 Å². The summed E-state index contributed by atoms with van der Waals surface area (Å²) in [5.41, 5.74) is 1.48. The number of aromatic nitrogens is 2. The van der Waals surface area contributed by atoms with Gasteiger partial charge in [0.05, 0.1) is 12.1 Å². The molecule has 0 saturated carbocycles. The van der Waals surface area contributed by atoms with Gasteiger partial charge in [-0.25, -0.2) is 9.97 Å². The van der Waals surface area contributed by atoms with Gasteiger partial charge in [0.1, 0.15) is 11.5 Å². The average molecular weight is 270 g/mol. The molecule has 0 aliphatic carbocycles. The summed E-state index contributed by atoms with van der Waals surface area (Å²) in [5, 5.41) is 2.67. The zero-order chi connectivity index (χ0) is 13.5. The number of carbonyl (C=O) groups excluding carboxylic acids is 1. The van der Waals surface area contributed by atoms with Gasteiger partial charge in [0.25, 0.3) is 5.91 Å². The maximum Gasteiger partial charge on any atom is 0.289 e. The number of oxazole rings is 1. The van der Waals surface area contributed by atoms with E-state index in [1.807, 2.05) is 12.1 Å². The van der Waals surface area contributed by atoms with Crippen LogP contribution in [0.3, 0.4) is 0 Å². The minimum absolute atomic E-state index is 0.194. The van der Waals surface area contributed by atoms with Crippen LogP contribution in [0.25, 0.3) is 11.5 Å².